The van der Waals surface area contributed by atoms with E-state index in [-0.39, 0.29) is 12.4 Å². The van der Waals surface area contributed by atoms with Gasteiger partial charge in [0.25, 0.3) is 0 Å². The molecule has 1 aliphatic heterocycles. The first-order valence-corrected chi connectivity index (χ1v) is 10.6. The average molecular weight is 471 g/mol. The molecular formula is C22H24Cl2N8. The number of nitrogens with one attached hydrogen (secondary N) is 1. The fourth-order valence-corrected chi connectivity index (χ4v) is 3.83. The van der Waals surface area contributed by atoms with Crippen molar-refractivity contribution in [2.75, 3.05) is 43.4 Å². The van der Waals surface area contributed by atoms with Crippen molar-refractivity contribution < 1.29 is 0 Å². The zero-order valence-electron chi connectivity index (χ0n) is 17.6. The van der Waals surface area contributed by atoms with Crippen LogP contribution in [0.15, 0.2) is 55.1 Å². The van der Waals surface area contributed by atoms with Crippen LogP contribution in [-0.2, 0) is 6.54 Å². The molecule has 5 rings (SSSR count). The standard InChI is InChI=1S/C22H23ClN8.ClH/c1-29-10-12-30(13-11-29)20-21-26-15-19(31(21)9-8-24-20)18-6-7-25-22(28-18)27-14-16-2-4-17(23)5-3-16;/h2-9,15H,10-14H2,1H3,(H,25,27,28);1H. The molecule has 4 aromatic rings. The minimum absolute atomic E-state index is 0. The monoisotopic (exact) mass is 470 g/mol. The van der Waals surface area contributed by atoms with E-state index in [9.17, 15) is 0 Å². The third-order valence-corrected chi connectivity index (χ3v) is 5.75. The van der Waals surface area contributed by atoms with Crippen molar-refractivity contribution in [1.29, 1.82) is 0 Å². The summed E-state index contributed by atoms with van der Waals surface area (Å²) in [4.78, 5) is 23.0. The highest BCUT2D eigenvalue weighted by atomic mass is 35.5. The maximum atomic E-state index is 5.96. The van der Waals surface area contributed by atoms with Gasteiger partial charge in [0.2, 0.25) is 5.95 Å². The number of likely N-dealkylation sites (N-methyl/N-ethyl adjacent to an activating group) is 1. The van der Waals surface area contributed by atoms with Gasteiger partial charge in [-0.25, -0.2) is 19.9 Å². The summed E-state index contributed by atoms with van der Waals surface area (Å²) in [7, 11) is 2.15. The molecule has 0 spiro atoms. The summed E-state index contributed by atoms with van der Waals surface area (Å²) < 4.78 is 2.05. The van der Waals surface area contributed by atoms with Crippen LogP contribution in [0.4, 0.5) is 11.8 Å². The molecule has 1 aromatic carbocycles. The Bertz CT molecular complexity index is 1190. The molecule has 0 radical (unpaired) electrons. The number of imidazole rings is 1. The lowest BCUT2D eigenvalue weighted by Gasteiger charge is -2.33. The predicted octanol–water partition coefficient (Wildman–Crippen LogP) is 3.63. The van der Waals surface area contributed by atoms with Gasteiger partial charge in [0, 0.05) is 56.3 Å². The molecule has 0 bridgehead atoms. The number of rotatable bonds is 5. The summed E-state index contributed by atoms with van der Waals surface area (Å²) in [6.45, 7) is 4.54. The normalized spacial score (nSPS) is 14.4. The Balaban J connectivity index is 0.00000245. The van der Waals surface area contributed by atoms with E-state index in [4.69, 9.17) is 16.6 Å². The number of halogens is 2. The fourth-order valence-electron chi connectivity index (χ4n) is 3.71. The summed E-state index contributed by atoms with van der Waals surface area (Å²) in [6.07, 6.45) is 7.36. The highest BCUT2D eigenvalue weighted by Gasteiger charge is 2.20. The van der Waals surface area contributed by atoms with Crippen molar-refractivity contribution in [2.24, 2.45) is 0 Å². The minimum atomic E-state index is 0. The van der Waals surface area contributed by atoms with Gasteiger partial charge in [0.1, 0.15) is 0 Å². The number of hydrogen-bond donors (Lipinski definition) is 1. The number of fused-ring (bicyclic) bond motifs is 1. The summed E-state index contributed by atoms with van der Waals surface area (Å²) in [5, 5.41) is 4.00. The molecule has 10 heteroatoms. The van der Waals surface area contributed by atoms with Crippen LogP contribution in [0.2, 0.25) is 5.02 Å². The van der Waals surface area contributed by atoms with Crippen LogP contribution in [0, 0.1) is 0 Å². The molecule has 0 aliphatic carbocycles. The average Bonchev–Trinajstić information content (AvgIpc) is 3.24. The van der Waals surface area contributed by atoms with Gasteiger partial charge in [-0.1, -0.05) is 23.7 Å². The van der Waals surface area contributed by atoms with Crippen molar-refractivity contribution in [3.05, 3.63) is 65.7 Å². The van der Waals surface area contributed by atoms with Gasteiger partial charge in [-0.3, -0.25) is 4.40 Å². The van der Waals surface area contributed by atoms with Crippen molar-refractivity contribution in [3.63, 3.8) is 0 Å². The van der Waals surface area contributed by atoms with Crippen LogP contribution in [0.1, 0.15) is 5.56 Å². The first kappa shape index (κ1) is 22.3. The summed E-state index contributed by atoms with van der Waals surface area (Å²) >= 11 is 5.96. The maximum absolute atomic E-state index is 5.96. The Hall–Kier alpha value is -2.94. The highest BCUT2D eigenvalue weighted by molar-refractivity contribution is 6.30. The van der Waals surface area contributed by atoms with E-state index < -0.39 is 0 Å². The van der Waals surface area contributed by atoms with E-state index >= 15 is 0 Å². The molecule has 3 aromatic heterocycles. The molecule has 1 N–H and O–H groups in total. The second kappa shape index (κ2) is 9.68. The smallest absolute Gasteiger partial charge is 0.223 e. The lowest BCUT2D eigenvalue weighted by atomic mass is 10.2. The molecular weight excluding hydrogens is 447 g/mol. The highest BCUT2D eigenvalue weighted by Crippen LogP contribution is 2.25. The molecule has 32 heavy (non-hydrogen) atoms. The Morgan fingerprint density at radius 1 is 0.969 bits per heavy atom. The van der Waals surface area contributed by atoms with Crippen molar-refractivity contribution >= 4 is 41.4 Å². The number of aromatic nitrogens is 5. The zero-order valence-corrected chi connectivity index (χ0v) is 19.2. The van der Waals surface area contributed by atoms with Gasteiger partial charge in [0.05, 0.1) is 17.6 Å². The van der Waals surface area contributed by atoms with Crippen molar-refractivity contribution in [1.82, 2.24) is 29.2 Å². The lowest BCUT2D eigenvalue weighted by molar-refractivity contribution is 0.312. The zero-order chi connectivity index (χ0) is 21.2. The van der Waals surface area contributed by atoms with E-state index in [0.29, 0.717) is 12.5 Å². The molecule has 0 atom stereocenters. The summed E-state index contributed by atoms with van der Waals surface area (Å²) in [5.41, 5.74) is 3.66. The Morgan fingerprint density at radius 3 is 2.53 bits per heavy atom. The van der Waals surface area contributed by atoms with Crippen LogP contribution in [-0.4, -0.2) is 62.5 Å². The van der Waals surface area contributed by atoms with Crippen LogP contribution in [0.25, 0.3) is 17.0 Å². The van der Waals surface area contributed by atoms with Gasteiger partial charge in [-0.05, 0) is 30.8 Å². The third kappa shape index (κ3) is 4.62. The molecule has 0 unspecified atom stereocenters. The van der Waals surface area contributed by atoms with E-state index in [1.807, 2.05) is 53.3 Å². The Labute approximate surface area is 197 Å². The maximum Gasteiger partial charge on any atom is 0.223 e. The topological polar surface area (TPSA) is 74.5 Å². The molecule has 1 saturated heterocycles. The molecule has 4 heterocycles. The number of benzene rings is 1. The van der Waals surface area contributed by atoms with Crippen LogP contribution < -0.4 is 10.2 Å². The number of anilines is 2. The van der Waals surface area contributed by atoms with Crippen molar-refractivity contribution in [2.45, 2.75) is 6.54 Å². The molecule has 1 fully saturated rings. The first-order chi connectivity index (χ1) is 15.2. The van der Waals surface area contributed by atoms with E-state index in [0.717, 1.165) is 59.6 Å². The van der Waals surface area contributed by atoms with Crippen molar-refractivity contribution in [3.8, 4) is 11.4 Å². The first-order valence-electron chi connectivity index (χ1n) is 10.2. The largest absolute Gasteiger partial charge is 0.351 e. The van der Waals surface area contributed by atoms with Gasteiger partial charge < -0.3 is 15.1 Å². The van der Waals surface area contributed by atoms with Crippen LogP contribution in [0.5, 0.6) is 0 Å². The Morgan fingerprint density at radius 2 is 1.75 bits per heavy atom. The predicted molar refractivity (Wildman–Crippen MR) is 130 cm³/mol. The second-order valence-electron chi connectivity index (χ2n) is 7.62. The van der Waals surface area contributed by atoms with Crippen LogP contribution >= 0.6 is 24.0 Å². The molecule has 1 aliphatic rings. The van der Waals surface area contributed by atoms with E-state index in [1.165, 1.54) is 0 Å². The lowest BCUT2D eigenvalue weighted by Crippen LogP contribution is -2.45. The van der Waals surface area contributed by atoms with Gasteiger partial charge >= 0.3 is 0 Å². The number of nitrogens with zero attached hydrogens (tertiary/aromatic N) is 7. The Kier molecular flexibility index (Phi) is 6.74. The number of hydrogen-bond acceptors (Lipinski definition) is 7. The minimum Gasteiger partial charge on any atom is -0.351 e. The van der Waals surface area contributed by atoms with E-state index in [1.54, 1.807) is 6.20 Å². The van der Waals surface area contributed by atoms with Gasteiger partial charge in [-0.2, -0.15) is 0 Å². The molecule has 166 valence electrons. The quantitative estimate of drug-likeness (QED) is 0.477. The van der Waals surface area contributed by atoms with Crippen LogP contribution in [0.3, 0.4) is 0 Å². The van der Waals surface area contributed by atoms with Gasteiger partial charge in [-0.15, -0.1) is 12.4 Å². The summed E-state index contributed by atoms with van der Waals surface area (Å²) in [6, 6.07) is 9.61. The van der Waals surface area contributed by atoms with E-state index in [2.05, 4.69) is 37.1 Å². The number of piperazine rings is 1. The molecule has 0 saturated carbocycles. The third-order valence-electron chi connectivity index (χ3n) is 5.49. The molecule has 8 nitrogen and oxygen atoms in total. The summed E-state index contributed by atoms with van der Waals surface area (Å²) in [5.74, 6) is 1.48. The van der Waals surface area contributed by atoms with Gasteiger partial charge in [0.15, 0.2) is 11.5 Å². The second-order valence-corrected chi connectivity index (χ2v) is 8.06. The SMILES string of the molecule is CN1CCN(c2nccn3c(-c4ccnc(NCc5ccc(Cl)cc5)n4)cnc23)CC1.Cl. The molecule has 0 amide bonds. The fraction of sp³-hybridized carbons (Fsp3) is 0.273.